The Morgan fingerprint density at radius 1 is 1.32 bits per heavy atom. The molecule has 5 nitrogen and oxygen atoms in total. The molecule has 0 heterocycles. The number of aliphatic hydroxyl groups excluding tert-OH is 1. The van der Waals surface area contributed by atoms with Gasteiger partial charge in [0.05, 0.1) is 23.8 Å². The first-order chi connectivity index (χ1) is 11.3. The Morgan fingerprint density at radius 2 is 1.92 bits per heavy atom. The first-order valence-corrected chi connectivity index (χ1v) is 6.49. The quantitative estimate of drug-likeness (QED) is 0.634. The van der Waals surface area contributed by atoms with E-state index in [-0.39, 0.29) is 0 Å². The van der Waals surface area contributed by atoms with Crippen molar-refractivity contribution in [3.05, 3.63) is 29.3 Å². The summed E-state index contributed by atoms with van der Waals surface area (Å²) >= 11 is 0. The Morgan fingerprint density at radius 3 is 2.36 bits per heavy atom. The zero-order chi connectivity index (χ0) is 19.5. The molecule has 1 unspecified atom stereocenters. The van der Waals surface area contributed by atoms with Gasteiger partial charge in [0.1, 0.15) is 6.21 Å². The van der Waals surface area contributed by atoms with Crippen LogP contribution < -0.4 is 5.32 Å². The SMILES string of the molecule is CC(CO)(N=CC(F)(F)F)C(=O)Nc1ccc(C#N)c(C(F)(F)F)c1. The number of benzene rings is 1. The van der Waals surface area contributed by atoms with Crippen LogP contribution >= 0.6 is 0 Å². The summed E-state index contributed by atoms with van der Waals surface area (Å²) in [4.78, 5) is 15.0. The van der Waals surface area contributed by atoms with Crippen LogP contribution in [0.4, 0.5) is 32.0 Å². The maximum Gasteiger partial charge on any atom is 0.426 e. The van der Waals surface area contributed by atoms with Crippen LogP contribution in [-0.2, 0) is 11.0 Å². The highest BCUT2D eigenvalue weighted by Gasteiger charge is 2.36. The van der Waals surface area contributed by atoms with Gasteiger partial charge in [0.15, 0.2) is 5.54 Å². The predicted molar refractivity (Wildman–Crippen MR) is 74.8 cm³/mol. The van der Waals surface area contributed by atoms with E-state index in [0.29, 0.717) is 6.07 Å². The fraction of sp³-hybridized carbons (Fsp3) is 0.357. The topological polar surface area (TPSA) is 85.5 Å². The molecule has 1 aromatic carbocycles. The Kier molecular flexibility index (Phi) is 5.80. The van der Waals surface area contributed by atoms with Gasteiger partial charge in [0.2, 0.25) is 0 Å². The molecule has 1 aromatic rings. The summed E-state index contributed by atoms with van der Waals surface area (Å²) in [6, 6.07) is 3.57. The lowest BCUT2D eigenvalue weighted by Gasteiger charge is -2.22. The van der Waals surface area contributed by atoms with Gasteiger partial charge in [0, 0.05) is 5.69 Å². The molecule has 11 heteroatoms. The minimum absolute atomic E-state index is 0.418. The second kappa shape index (κ2) is 7.10. The normalized spacial score (nSPS) is 14.8. The van der Waals surface area contributed by atoms with Gasteiger partial charge < -0.3 is 10.4 Å². The van der Waals surface area contributed by atoms with Crippen molar-refractivity contribution in [3.63, 3.8) is 0 Å². The first kappa shape index (κ1) is 20.4. The van der Waals surface area contributed by atoms with Crippen molar-refractivity contribution in [1.82, 2.24) is 0 Å². The van der Waals surface area contributed by atoms with Gasteiger partial charge in [-0.15, -0.1) is 0 Å². The predicted octanol–water partition coefficient (Wildman–Crippen LogP) is 2.90. The summed E-state index contributed by atoms with van der Waals surface area (Å²) in [7, 11) is 0. The van der Waals surface area contributed by atoms with E-state index < -0.39 is 53.4 Å². The van der Waals surface area contributed by atoms with E-state index in [1.54, 1.807) is 0 Å². The zero-order valence-corrected chi connectivity index (χ0v) is 12.5. The molecular formula is C14H11F6N3O2. The molecule has 0 saturated heterocycles. The number of aliphatic hydroxyl groups is 1. The van der Waals surface area contributed by atoms with E-state index in [2.05, 4.69) is 4.99 Å². The standard InChI is InChI=1S/C14H11F6N3O2/c1-12(7-24,22-6-13(15,16)17)11(25)23-9-3-2-8(5-21)10(4-9)14(18,19)20/h2-4,6,24H,7H2,1H3,(H,23,25). The van der Waals surface area contributed by atoms with Crippen molar-refractivity contribution in [2.45, 2.75) is 24.8 Å². The third kappa shape index (κ3) is 5.46. The average Bonchev–Trinajstić information content (AvgIpc) is 2.51. The number of hydrogen-bond acceptors (Lipinski definition) is 4. The van der Waals surface area contributed by atoms with Crippen molar-refractivity contribution in [1.29, 1.82) is 5.26 Å². The van der Waals surface area contributed by atoms with Gasteiger partial charge in [0.25, 0.3) is 5.91 Å². The van der Waals surface area contributed by atoms with Crippen LogP contribution in [0.2, 0.25) is 0 Å². The molecule has 0 fully saturated rings. The largest absolute Gasteiger partial charge is 0.426 e. The number of aliphatic imine (C=N–C) groups is 1. The molecule has 25 heavy (non-hydrogen) atoms. The fourth-order valence-corrected chi connectivity index (χ4v) is 1.61. The molecule has 0 bridgehead atoms. The van der Waals surface area contributed by atoms with Crippen LogP contribution in [0.1, 0.15) is 18.1 Å². The summed E-state index contributed by atoms with van der Waals surface area (Å²) in [5.74, 6) is -1.26. The molecule has 0 aliphatic rings. The highest BCUT2D eigenvalue weighted by Crippen LogP contribution is 2.33. The number of halogens is 6. The number of alkyl halides is 6. The highest BCUT2D eigenvalue weighted by molar-refractivity contribution is 5.99. The van der Waals surface area contributed by atoms with Crippen LogP contribution in [0.5, 0.6) is 0 Å². The summed E-state index contributed by atoms with van der Waals surface area (Å²) in [5, 5.41) is 19.7. The molecule has 1 amide bonds. The van der Waals surface area contributed by atoms with E-state index in [1.165, 1.54) is 6.07 Å². The summed E-state index contributed by atoms with van der Waals surface area (Å²) in [5.41, 5.74) is -4.69. The Hall–Kier alpha value is -2.61. The number of nitrogens with zero attached hydrogens (tertiary/aromatic N) is 2. The molecule has 136 valence electrons. The number of amides is 1. The number of carbonyl (C=O) groups is 1. The fourth-order valence-electron chi connectivity index (χ4n) is 1.61. The van der Waals surface area contributed by atoms with E-state index in [0.717, 1.165) is 19.1 Å². The Labute approximate surface area is 137 Å². The molecule has 0 aliphatic carbocycles. The lowest BCUT2D eigenvalue weighted by Crippen LogP contribution is -2.42. The minimum Gasteiger partial charge on any atom is -0.393 e. The Balaban J connectivity index is 3.15. The van der Waals surface area contributed by atoms with E-state index in [4.69, 9.17) is 10.4 Å². The van der Waals surface area contributed by atoms with Gasteiger partial charge in [-0.25, -0.2) is 0 Å². The third-order valence-electron chi connectivity index (χ3n) is 3.00. The van der Waals surface area contributed by atoms with Gasteiger partial charge in [-0.2, -0.15) is 31.6 Å². The van der Waals surface area contributed by atoms with Gasteiger partial charge in [-0.05, 0) is 25.1 Å². The van der Waals surface area contributed by atoms with Crippen LogP contribution in [0, 0.1) is 11.3 Å². The lowest BCUT2D eigenvalue weighted by molar-refractivity contribution is -0.137. The van der Waals surface area contributed by atoms with Crippen LogP contribution in [0.15, 0.2) is 23.2 Å². The second-order valence-corrected chi connectivity index (χ2v) is 5.06. The van der Waals surface area contributed by atoms with E-state index in [1.807, 2.05) is 5.32 Å². The molecule has 2 N–H and O–H groups in total. The number of rotatable bonds is 4. The minimum atomic E-state index is -4.87. The third-order valence-corrected chi connectivity index (χ3v) is 3.00. The molecule has 1 rings (SSSR count). The maximum atomic E-state index is 12.9. The molecule has 0 aromatic heterocycles. The molecule has 0 aliphatic heterocycles. The monoisotopic (exact) mass is 367 g/mol. The van der Waals surface area contributed by atoms with E-state index >= 15 is 0 Å². The van der Waals surface area contributed by atoms with E-state index in [9.17, 15) is 31.1 Å². The van der Waals surface area contributed by atoms with Crippen molar-refractivity contribution >= 4 is 17.8 Å². The number of nitriles is 1. The number of hydrogen-bond donors (Lipinski definition) is 2. The van der Waals surface area contributed by atoms with Crippen molar-refractivity contribution in [2.75, 3.05) is 11.9 Å². The number of anilines is 1. The number of nitrogens with one attached hydrogen (secondary N) is 1. The Bertz CT molecular complexity index is 721. The van der Waals surface area contributed by atoms with Gasteiger partial charge in [-0.1, -0.05) is 0 Å². The summed E-state index contributed by atoms with van der Waals surface area (Å²) in [6.45, 7) is -0.243. The highest BCUT2D eigenvalue weighted by atomic mass is 19.4. The summed E-state index contributed by atoms with van der Waals surface area (Å²) < 4.78 is 75.0. The smallest absolute Gasteiger partial charge is 0.393 e. The molecule has 1 atom stereocenters. The van der Waals surface area contributed by atoms with Crippen molar-refractivity contribution in [2.24, 2.45) is 4.99 Å². The lowest BCUT2D eigenvalue weighted by atomic mass is 10.0. The van der Waals surface area contributed by atoms with Crippen LogP contribution in [-0.4, -0.2) is 35.6 Å². The molecule has 0 saturated carbocycles. The van der Waals surface area contributed by atoms with Crippen molar-refractivity contribution in [3.8, 4) is 6.07 Å². The second-order valence-electron chi connectivity index (χ2n) is 5.06. The van der Waals surface area contributed by atoms with Gasteiger partial charge in [-0.3, -0.25) is 9.79 Å². The van der Waals surface area contributed by atoms with Gasteiger partial charge >= 0.3 is 12.4 Å². The maximum absolute atomic E-state index is 12.9. The number of carbonyl (C=O) groups excluding carboxylic acids is 1. The first-order valence-electron chi connectivity index (χ1n) is 6.49. The zero-order valence-electron chi connectivity index (χ0n) is 12.5. The average molecular weight is 367 g/mol. The van der Waals surface area contributed by atoms with Crippen LogP contribution in [0.3, 0.4) is 0 Å². The summed E-state index contributed by atoms with van der Waals surface area (Å²) in [6.07, 6.45) is -10.2. The molecule has 0 spiro atoms. The molecular weight excluding hydrogens is 356 g/mol. The van der Waals surface area contributed by atoms with Crippen molar-refractivity contribution < 1.29 is 36.2 Å². The van der Waals surface area contributed by atoms with Crippen LogP contribution in [0.25, 0.3) is 0 Å². The molecule has 0 radical (unpaired) electrons.